The van der Waals surface area contributed by atoms with Crippen molar-refractivity contribution in [1.82, 2.24) is 20.1 Å². The van der Waals surface area contributed by atoms with Gasteiger partial charge in [0, 0.05) is 45.4 Å². The summed E-state index contributed by atoms with van der Waals surface area (Å²) in [6, 6.07) is 9.91. The van der Waals surface area contributed by atoms with Crippen LogP contribution in [0.1, 0.15) is 45.2 Å². The summed E-state index contributed by atoms with van der Waals surface area (Å²) in [6.07, 6.45) is 5.31. The zero-order valence-corrected chi connectivity index (χ0v) is 18.5. The molecule has 1 aromatic carbocycles. The van der Waals surface area contributed by atoms with Gasteiger partial charge in [-0.25, -0.2) is 0 Å². The Bertz CT molecular complexity index is 1080. The molecule has 2 aromatic heterocycles. The quantitative estimate of drug-likeness (QED) is 0.500. The number of pyridine rings is 1. The predicted octanol–water partition coefficient (Wildman–Crippen LogP) is 4.33. The lowest BCUT2D eigenvalue weighted by Crippen LogP contribution is -2.28. The van der Waals surface area contributed by atoms with E-state index in [1.807, 2.05) is 56.8 Å². The summed E-state index contributed by atoms with van der Waals surface area (Å²) in [4.78, 5) is 29.6. The molecule has 7 heteroatoms. The highest BCUT2D eigenvalue weighted by Crippen LogP contribution is 2.25. The Labute approximate surface area is 185 Å². The van der Waals surface area contributed by atoms with Crippen LogP contribution in [0.25, 0.3) is 11.1 Å². The van der Waals surface area contributed by atoms with E-state index in [0.717, 1.165) is 23.2 Å². The number of carbonyl (C=O) groups is 2. The summed E-state index contributed by atoms with van der Waals surface area (Å²) in [7, 11) is 0. The van der Waals surface area contributed by atoms with Crippen molar-refractivity contribution in [3.63, 3.8) is 0 Å². The maximum absolute atomic E-state index is 12.6. The fraction of sp³-hybridized carbons (Fsp3) is 0.333. The summed E-state index contributed by atoms with van der Waals surface area (Å²) >= 11 is 0. The molecule has 0 saturated carbocycles. The summed E-state index contributed by atoms with van der Waals surface area (Å²) in [5.41, 5.74) is 4.65. The van der Waals surface area contributed by atoms with Gasteiger partial charge < -0.3 is 10.6 Å². The molecule has 7 nitrogen and oxygen atoms in total. The van der Waals surface area contributed by atoms with Gasteiger partial charge in [-0.1, -0.05) is 43.7 Å². The Balaban J connectivity index is 0.00000272. The predicted molar refractivity (Wildman–Crippen MR) is 126 cm³/mol. The van der Waals surface area contributed by atoms with Crippen molar-refractivity contribution in [2.24, 2.45) is 5.92 Å². The van der Waals surface area contributed by atoms with Gasteiger partial charge in [-0.05, 0) is 25.5 Å². The maximum Gasteiger partial charge on any atom is 0.238 e. The smallest absolute Gasteiger partial charge is 0.238 e. The number of aryl methyl sites for hydroxylation is 2. The second-order valence-corrected chi connectivity index (χ2v) is 7.86. The van der Waals surface area contributed by atoms with E-state index < -0.39 is 0 Å². The molecule has 3 rings (SSSR count). The van der Waals surface area contributed by atoms with Crippen LogP contribution in [-0.2, 0) is 17.9 Å². The summed E-state index contributed by atoms with van der Waals surface area (Å²) < 4.78 is 1.82. The molecule has 0 fully saturated rings. The number of Topliss-reactive ketones (excluding diaryl/α,β-unsaturated/α-hetero) is 1. The van der Waals surface area contributed by atoms with Crippen LogP contribution in [0.4, 0.5) is 5.69 Å². The van der Waals surface area contributed by atoms with Gasteiger partial charge in [-0.2, -0.15) is 5.10 Å². The number of aromatic nitrogens is 3. The number of ketones is 1. The van der Waals surface area contributed by atoms with Gasteiger partial charge in [-0.15, -0.1) is 0 Å². The third kappa shape index (κ3) is 5.86. The molecule has 0 aliphatic carbocycles. The first-order valence-electron chi connectivity index (χ1n) is 10.5. The van der Waals surface area contributed by atoms with E-state index in [1.54, 1.807) is 18.5 Å². The van der Waals surface area contributed by atoms with Crippen LogP contribution in [0.15, 0.2) is 48.9 Å². The van der Waals surface area contributed by atoms with Crippen molar-refractivity contribution >= 4 is 17.4 Å². The molecule has 166 valence electrons. The molecular weight excluding hydrogens is 390 g/mol. The van der Waals surface area contributed by atoms with Crippen LogP contribution >= 0.6 is 0 Å². The van der Waals surface area contributed by atoms with Gasteiger partial charge in [0.2, 0.25) is 5.91 Å². The van der Waals surface area contributed by atoms with Gasteiger partial charge >= 0.3 is 0 Å². The van der Waals surface area contributed by atoms with Gasteiger partial charge in [0.1, 0.15) is 5.69 Å². The summed E-state index contributed by atoms with van der Waals surface area (Å²) in [6.45, 7) is 9.15. The van der Waals surface area contributed by atoms with Crippen LogP contribution in [0.2, 0.25) is 0 Å². The van der Waals surface area contributed by atoms with E-state index in [4.69, 9.17) is 0 Å². The molecule has 31 heavy (non-hydrogen) atoms. The number of amides is 1. The Kier molecular flexibility index (Phi) is 7.31. The number of nitrogens with one attached hydrogen (secondary N) is 2. The fourth-order valence-corrected chi connectivity index (χ4v) is 3.21. The van der Waals surface area contributed by atoms with E-state index in [0.29, 0.717) is 12.2 Å². The molecular formula is C24H33N5O2. The Morgan fingerprint density at radius 1 is 1.16 bits per heavy atom. The largest absolute Gasteiger partial charge is 0.323 e. The van der Waals surface area contributed by atoms with Crippen LogP contribution in [0, 0.1) is 12.8 Å². The number of anilines is 1. The molecule has 0 spiro atoms. The Morgan fingerprint density at radius 2 is 1.97 bits per heavy atom. The average molecular weight is 424 g/mol. The summed E-state index contributed by atoms with van der Waals surface area (Å²) in [5.74, 6) is -0.566. The molecule has 0 bridgehead atoms. The second-order valence-electron chi connectivity index (χ2n) is 7.86. The second kappa shape index (κ2) is 10.1. The first kappa shape index (κ1) is 22.4. The van der Waals surface area contributed by atoms with Crippen LogP contribution < -0.4 is 10.6 Å². The fourth-order valence-electron chi connectivity index (χ4n) is 3.21. The van der Waals surface area contributed by atoms with Crippen molar-refractivity contribution in [3.05, 3.63) is 65.7 Å². The molecule has 3 aromatic rings. The van der Waals surface area contributed by atoms with E-state index in [-0.39, 0.29) is 32.7 Å². The first-order chi connectivity index (χ1) is 14.9. The van der Waals surface area contributed by atoms with Crippen molar-refractivity contribution in [1.29, 1.82) is 0 Å². The zero-order valence-electron chi connectivity index (χ0n) is 18.5. The third-order valence-corrected chi connectivity index (χ3v) is 4.91. The zero-order chi connectivity index (χ0) is 22.4. The van der Waals surface area contributed by atoms with Crippen molar-refractivity contribution in [2.75, 3.05) is 11.9 Å². The number of rotatable bonds is 9. The molecule has 0 unspecified atom stereocenters. The van der Waals surface area contributed by atoms with Crippen LogP contribution in [-0.4, -0.2) is 33.0 Å². The topological polar surface area (TPSA) is 88.9 Å². The SMILES string of the molecule is CCn1cc(-c2cnc(C(=O)C(C)C)c(NC(=O)CNCc3cccc(C)c3)c2)cn1.[HH].[HH]. The normalized spacial score (nSPS) is 11.0. The van der Waals surface area contributed by atoms with Crippen molar-refractivity contribution in [2.45, 2.75) is 40.8 Å². The van der Waals surface area contributed by atoms with Gasteiger partial charge in [0.25, 0.3) is 0 Å². The monoisotopic (exact) mass is 423 g/mol. The number of carbonyl (C=O) groups excluding carboxylic acids is 2. The van der Waals surface area contributed by atoms with Crippen molar-refractivity contribution < 1.29 is 12.4 Å². The molecule has 2 heterocycles. The van der Waals surface area contributed by atoms with Crippen LogP contribution in [0.5, 0.6) is 0 Å². The van der Waals surface area contributed by atoms with E-state index >= 15 is 0 Å². The molecule has 0 aliphatic heterocycles. The molecule has 0 aliphatic rings. The van der Waals surface area contributed by atoms with E-state index in [1.165, 1.54) is 5.56 Å². The lowest BCUT2D eigenvalue weighted by Gasteiger charge is -2.13. The minimum Gasteiger partial charge on any atom is -0.323 e. The van der Waals surface area contributed by atoms with Crippen LogP contribution in [0.3, 0.4) is 0 Å². The minimum atomic E-state index is -0.228. The van der Waals surface area contributed by atoms with Gasteiger partial charge in [-0.3, -0.25) is 19.3 Å². The Morgan fingerprint density at radius 3 is 2.65 bits per heavy atom. The van der Waals surface area contributed by atoms with E-state index in [9.17, 15) is 9.59 Å². The number of hydrogen-bond acceptors (Lipinski definition) is 5. The third-order valence-electron chi connectivity index (χ3n) is 4.91. The highest BCUT2D eigenvalue weighted by atomic mass is 16.2. The molecule has 0 saturated heterocycles. The lowest BCUT2D eigenvalue weighted by molar-refractivity contribution is -0.115. The molecule has 2 N–H and O–H groups in total. The number of benzene rings is 1. The standard InChI is InChI=1S/C24H29N5O2.2H2/c1-5-29-15-20(13-27-29)19-10-21(23(26-12-19)24(31)16(2)3)28-22(30)14-25-11-18-8-6-7-17(4)9-18;;/h6-10,12-13,15-16,25H,5,11,14H2,1-4H3,(H,28,30);2*1H. The molecule has 0 radical (unpaired) electrons. The highest BCUT2D eigenvalue weighted by molar-refractivity contribution is 6.05. The number of hydrogen-bond donors (Lipinski definition) is 2. The van der Waals surface area contributed by atoms with Gasteiger partial charge in [0.05, 0.1) is 18.4 Å². The first-order valence-corrected chi connectivity index (χ1v) is 10.5. The minimum absolute atomic E-state index is 0. The Hall–Kier alpha value is -3.32. The highest BCUT2D eigenvalue weighted by Gasteiger charge is 2.19. The van der Waals surface area contributed by atoms with E-state index in [2.05, 4.69) is 26.8 Å². The van der Waals surface area contributed by atoms with Crippen molar-refractivity contribution in [3.8, 4) is 11.1 Å². The lowest BCUT2D eigenvalue weighted by atomic mass is 10.0. The average Bonchev–Trinajstić information content (AvgIpc) is 3.22. The molecule has 0 atom stereocenters. The number of nitrogens with zero attached hydrogens (tertiary/aromatic N) is 3. The summed E-state index contributed by atoms with van der Waals surface area (Å²) in [5, 5.41) is 10.3. The molecule has 1 amide bonds. The van der Waals surface area contributed by atoms with Gasteiger partial charge in [0.15, 0.2) is 5.78 Å². The maximum atomic E-state index is 12.6.